The number of aromatic nitrogens is 1. The van der Waals surface area contributed by atoms with Crippen LogP contribution in [0.2, 0.25) is 0 Å². The molecule has 0 aliphatic heterocycles. The smallest absolute Gasteiger partial charge is 0.270 e. The normalized spacial score (nSPS) is 9.31. The SMILES string of the molecule is CCCc1cc(C(=O)N=[N+]=[N-])no1. The Morgan fingerprint density at radius 3 is 3.23 bits per heavy atom. The van der Waals surface area contributed by atoms with Gasteiger partial charge in [-0.2, -0.15) is 0 Å². The lowest BCUT2D eigenvalue weighted by Crippen LogP contribution is -1.91. The summed E-state index contributed by atoms with van der Waals surface area (Å²) in [6.07, 6.45) is 1.63. The number of aryl methyl sites for hydroxylation is 1. The van der Waals surface area contributed by atoms with Crippen molar-refractivity contribution in [3.8, 4) is 0 Å². The van der Waals surface area contributed by atoms with Gasteiger partial charge in [-0.3, -0.25) is 4.79 Å². The molecular formula is C7H8N4O2. The molecule has 0 aliphatic rings. The molecule has 1 heterocycles. The van der Waals surface area contributed by atoms with E-state index in [1.165, 1.54) is 6.07 Å². The lowest BCUT2D eigenvalue weighted by Gasteiger charge is -1.83. The molecule has 1 amide bonds. The zero-order chi connectivity index (χ0) is 9.68. The summed E-state index contributed by atoms with van der Waals surface area (Å²) in [5.41, 5.74) is 8.04. The van der Waals surface area contributed by atoms with Crippen LogP contribution in [0.3, 0.4) is 0 Å². The highest BCUT2D eigenvalue weighted by molar-refractivity contribution is 5.92. The molecule has 0 spiro atoms. The van der Waals surface area contributed by atoms with Crippen LogP contribution >= 0.6 is 0 Å². The second kappa shape index (κ2) is 4.27. The first-order valence-corrected chi connectivity index (χ1v) is 3.83. The van der Waals surface area contributed by atoms with Crippen molar-refractivity contribution in [1.82, 2.24) is 5.16 Å². The fourth-order valence-electron chi connectivity index (χ4n) is 0.870. The summed E-state index contributed by atoms with van der Waals surface area (Å²) < 4.78 is 4.82. The maximum Gasteiger partial charge on any atom is 0.270 e. The Kier molecular flexibility index (Phi) is 3.05. The number of nitrogens with zero attached hydrogens (tertiary/aromatic N) is 4. The van der Waals surface area contributed by atoms with Crippen molar-refractivity contribution in [3.05, 3.63) is 28.0 Å². The van der Waals surface area contributed by atoms with E-state index >= 15 is 0 Å². The van der Waals surface area contributed by atoms with Gasteiger partial charge in [0.1, 0.15) is 5.76 Å². The van der Waals surface area contributed by atoms with Gasteiger partial charge in [-0.15, -0.1) is 0 Å². The number of carbonyl (C=O) groups excluding carboxylic acids is 1. The van der Waals surface area contributed by atoms with E-state index in [-0.39, 0.29) is 5.69 Å². The third-order valence-corrected chi connectivity index (χ3v) is 1.41. The molecule has 0 unspecified atom stereocenters. The van der Waals surface area contributed by atoms with Crippen LogP contribution < -0.4 is 0 Å². The number of carbonyl (C=O) groups is 1. The lowest BCUT2D eigenvalue weighted by atomic mass is 10.2. The summed E-state index contributed by atoms with van der Waals surface area (Å²) in [4.78, 5) is 13.3. The van der Waals surface area contributed by atoms with E-state index in [1.807, 2.05) is 6.92 Å². The van der Waals surface area contributed by atoms with Crippen LogP contribution in [0.1, 0.15) is 29.6 Å². The first-order valence-electron chi connectivity index (χ1n) is 3.83. The van der Waals surface area contributed by atoms with Crippen LogP contribution in [0, 0.1) is 0 Å². The van der Waals surface area contributed by atoms with Gasteiger partial charge in [0.25, 0.3) is 5.91 Å². The van der Waals surface area contributed by atoms with Gasteiger partial charge in [0.05, 0.1) is 0 Å². The van der Waals surface area contributed by atoms with Crippen molar-refractivity contribution >= 4 is 5.91 Å². The predicted molar refractivity (Wildman–Crippen MR) is 44.0 cm³/mol. The first kappa shape index (κ1) is 9.28. The average Bonchev–Trinajstić information content (AvgIpc) is 2.54. The van der Waals surface area contributed by atoms with Gasteiger partial charge in [-0.25, -0.2) is 0 Å². The Balaban J connectivity index is 2.79. The van der Waals surface area contributed by atoms with E-state index in [1.54, 1.807) is 0 Å². The average molecular weight is 180 g/mol. The Morgan fingerprint density at radius 1 is 1.85 bits per heavy atom. The minimum atomic E-state index is -0.714. The molecule has 0 saturated carbocycles. The van der Waals surface area contributed by atoms with Gasteiger partial charge in [0, 0.05) is 17.4 Å². The Bertz CT molecular complexity index is 351. The lowest BCUT2D eigenvalue weighted by molar-refractivity contribution is 0.0991. The maximum atomic E-state index is 10.9. The van der Waals surface area contributed by atoms with Gasteiger partial charge in [0.15, 0.2) is 5.69 Å². The first-order chi connectivity index (χ1) is 6.27. The molecule has 0 bridgehead atoms. The van der Waals surface area contributed by atoms with Crippen LogP contribution in [-0.4, -0.2) is 11.1 Å². The third kappa shape index (κ3) is 2.31. The van der Waals surface area contributed by atoms with Crippen LogP contribution in [0.4, 0.5) is 0 Å². The van der Waals surface area contributed by atoms with Crippen LogP contribution in [-0.2, 0) is 6.42 Å². The molecule has 6 nitrogen and oxygen atoms in total. The molecule has 1 aromatic rings. The monoisotopic (exact) mass is 180 g/mol. The summed E-state index contributed by atoms with van der Waals surface area (Å²) in [6.45, 7) is 1.98. The molecule has 0 aromatic carbocycles. The maximum absolute atomic E-state index is 10.9. The number of azide groups is 1. The largest absolute Gasteiger partial charge is 0.361 e. The minimum Gasteiger partial charge on any atom is -0.361 e. The molecule has 6 heteroatoms. The Labute approximate surface area is 74.2 Å². The highest BCUT2D eigenvalue weighted by Crippen LogP contribution is 2.07. The highest BCUT2D eigenvalue weighted by atomic mass is 16.5. The van der Waals surface area contributed by atoms with Crippen molar-refractivity contribution in [2.75, 3.05) is 0 Å². The Morgan fingerprint density at radius 2 is 2.62 bits per heavy atom. The number of hydrogen-bond acceptors (Lipinski definition) is 3. The summed E-state index contributed by atoms with van der Waals surface area (Å²) in [5, 5.41) is 6.35. The van der Waals surface area contributed by atoms with E-state index in [9.17, 15) is 4.79 Å². The fourth-order valence-corrected chi connectivity index (χ4v) is 0.870. The van der Waals surface area contributed by atoms with Gasteiger partial charge in [-0.05, 0) is 17.1 Å². The molecule has 68 valence electrons. The molecule has 1 aromatic heterocycles. The molecule has 13 heavy (non-hydrogen) atoms. The third-order valence-electron chi connectivity index (χ3n) is 1.41. The topological polar surface area (TPSA) is 91.9 Å². The van der Waals surface area contributed by atoms with Gasteiger partial charge >= 0.3 is 0 Å². The second-order valence-corrected chi connectivity index (χ2v) is 2.42. The van der Waals surface area contributed by atoms with Crippen molar-refractivity contribution < 1.29 is 9.32 Å². The molecule has 0 radical (unpaired) electrons. The molecule has 1 rings (SSSR count). The van der Waals surface area contributed by atoms with Crippen molar-refractivity contribution in [2.45, 2.75) is 19.8 Å². The summed E-state index contributed by atoms with van der Waals surface area (Å²) in [6, 6.07) is 1.49. The van der Waals surface area contributed by atoms with Crippen LogP contribution in [0.5, 0.6) is 0 Å². The quantitative estimate of drug-likeness (QED) is 0.405. The van der Waals surface area contributed by atoms with E-state index < -0.39 is 5.91 Å². The number of amides is 1. The summed E-state index contributed by atoms with van der Waals surface area (Å²) in [5.74, 6) is -0.0902. The minimum absolute atomic E-state index is 0.0567. The van der Waals surface area contributed by atoms with Gasteiger partial charge in [0.2, 0.25) is 0 Å². The second-order valence-electron chi connectivity index (χ2n) is 2.42. The predicted octanol–water partition coefficient (Wildman–Crippen LogP) is 2.08. The van der Waals surface area contributed by atoms with Crippen molar-refractivity contribution in [3.63, 3.8) is 0 Å². The number of hydrogen-bond donors (Lipinski definition) is 0. The van der Waals surface area contributed by atoms with Crippen LogP contribution in [0.25, 0.3) is 10.4 Å². The molecule has 0 saturated heterocycles. The van der Waals surface area contributed by atoms with Crippen molar-refractivity contribution in [1.29, 1.82) is 0 Å². The molecular weight excluding hydrogens is 172 g/mol. The molecule has 0 fully saturated rings. The van der Waals surface area contributed by atoms with Gasteiger partial charge in [-0.1, -0.05) is 12.1 Å². The summed E-state index contributed by atoms with van der Waals surface area (Å²) in [7, 11) is 0. The molecule has 0 atom stereocenters. The van der Waals surface area contributed by atoms with E-state index in [2.05, 4.69) is 15.2 Å². The van der Waals surface area contributed by atoms with Gasteiger partial charge < -0.3 is 4.52 Å². The zero-order valence-electron chi connectivity index (χ0n) is 7.10. The highest BCUT2D eigenvalue weighted by Gasteiger charge is 2.09. The molecule has 0 aliphatic carbocycles. The zero-order valence-corrected chi connectivity index (χ0v) is 7.10. The fraction of sp³-hybridized carbons (Fsp3) is 0.429. The van der Waals surface area contributed by atoms with Crippen LogP contribution in [0.15, 0.2) is 15.7 Å². The van der Waals surface area contributed by atoms with E-state index in [4.69, 9.17) is 10.1 Å². The Hall–Kier alpha value is -1.81. The summed E-state index contributed by atoms with van der Waals surface area (Å²) >= 11 is 0. The number of rotatable bonds is 3. The standard InChI is InChI=1S/C7H8N4O2/c1-2-3-5-4-6(10-13-5)7(12)9-11-8/h4H,2-3H2,1H3. The molecule has 0 N–H and O–H groups in total. The van der Waals surface area contributed by atoms with Crippen molar-refractivity contribution in [2.24, 2.45) is 5.11 Å². The van der Waals surface area contributed by atoms with E-state index in [0.29, 0.717) is 5.76 Å². The van der Waals surface area contributed by atoms with E-state index in [0.717, 1.165) is 12.8 Å².